The summed E-state index contributed by atoms with van der Waals surface area (Å²) in [6.07, 6.45) is 10.0. The van der Waals surface area contributed by atoms with Crippen LogP contribution in [0.5, 0.6) is 0 Å². The van der Waals surface area contributed by atoms with E-state index in [1.54, 1.807) is 0 Å². The summed E-state index contributed by atoms with van der Waals surface area (Å²) < 4.78 is 5.47. The molecule has 2 saturated heterocycles. The standard InChI is InChI=1S/C18H30N2O2/c21-18(19-12-15-11-13-3-4-14(15)10-13)17-2-1-7-20(17)16-5-8-22-9-6-16/h13-17H,1-12H2,(H,19,21)/t13-,14-,15-,17-/m0/s1. The largest absolute Gasteiger partial charge is 0.381 e. The minimum Gasteiger partial charge on any atom is -0.381 e. The lowest BCUT2D eigenvalue weighted by molar-refractivity contribution is -0.127. The Labute approximate surface area is 134 Å². The van der Waals surface area contributed by atoms with Crippen LogP contribution in [0.3, 0.4) is 0 Å². The van der Waals surface area contributed by atoms with Crippen LogP contribution in [-0.4, -0.2) is 49.2 Å². The molecule has 124 valence electrons. The Bertz CT molecular complexity index is 408. The van der Waals surface area contributed by atoms with Gasteiger partial charge in [0.2, 0.25) is 5.91 Å². The van der Waals surface area contributed by atoms with Gasteiger partial charge < -0.3 is 10.1 Å². The molecule has 4 nitrogen and oxygen atoms in total. The Kier molecular flexibility index (Phi) is 4.40. The lowest BCUT2D eigenvalue weighted by atomic mass is 9.89. The topological polar surface area (TPSA) is 41.6 Å². The number of ether oxygens (including phenoxy) is 1. The first-order chi connectivity index (χ1) is 10.8. The van der Waals surface area contributed by atoms with Crippen LogP contribution < -0.4 is 5.32 Å². The summed E-state index contributed by atoms with van der Waals surface area (Å²) in [7, 11) is 0. The first-order valence-corrected chi connectivity index (χ1v) is 9.42. The van der Waals surface area contributed by atoms with E-state index >= 15 is 0 Å². The van der Waals surface area contributed by atoms with Crippen molar-refractivity contribution in [3.63, 3.8) is 0 Å². The van der Waals surface area contributed by atoms with Gasteiger partial charge in [0.15, 0.2) is 0 Å². The van der Waals surface area contributed by atoms with Crippen LogP contribution in [0.15, 0.2) is 0 Å². The highest BCUT2D eigenvalue weighted by Crippen LogP contribution is 2.47. The Balaban J connectivity index is 1.29. The lowest BCUT2D eigenvalue weighted by Crippen LogP contribution is -2.50. The van der Waals surface area contributed by atoms with Crippen LogP contribution in [0.2, 0.25) is 0 Å². The van der Waals surface area contributed by atoms with Crippen molar-refractivity contribution in [3.8, 4) is 0 Å². The van der Waals surface area contributed by atoms with Gasteiger partial charge in [-0.1, -0.05) is 6.42 Å². The molecule has 2 aliphatic carbocycles. The Hall–Kier alpha value is -0.610. The molecule has 0 unspecified atom stereocenters. The highest BCUT2D eigenvalue weighted by atomic mass is 16.5. The van der Waals surface area contributed by atoms with Crippen LogP contribution >= 0.6 is 0 Å². The maximum Gasteiger partial charge on any atom is 0.237 e. The SMILES string of the molecule is O=C(NC[C@@H]1C[C@H]2CC[C@H]1C2)[C@@H]1CCCN1C1CCOCC1. The van der Waals surface area contributed by atoms with Gasteiger partial charge in [0, 0.05) is 25.8 Å². The predicted octanol–water partition coefficient (Wildman–Crippen LogP) is 2.18. The average molecular weight is 306 g/mol. The zero-order valence-corrected chi connectivity index (χ0v) is 13.6. The fraction of sp³-hybridized carbons (Fsp3) is 0.944. The van der Waals surface area contributed by atoms with E-state index in [1.165, 1.54) is 32.1 Å². The highest BCUT2D eigenvalue weighted by molar-refractivity contribution is 5.82. The molecule has 1 N–H and O–H groups in total. The van der Waals surface area contributed by atoms with Gasteiger partial charge in [0.25, 0.3) is 0 Å². The van der Waals surface area contributed by atoms with Gasteiger partial charge >= 0.3 is 0 Å². The molecule has 2 heterocycles. The Morgan fingerprint density at radius 3 is 2.68 bits per heavy atom. The molecule has 0 aromatic rings. The molecule has 0 aromatic heterocycles. The van der Waals surface area contributed by atoms with Gasteiger partial charge in [-0.05, 0) is 69.2 Å². The van der Waals surface area contributed by atoms with Crippen molar-refractivity contribution in [2.75, 3.05) is 26.3 Å². The van der Waals surface area contributed by atoms with Crippen LogP contribution in [0.4, 0.5) is 0 Å². The quantitative estimate of drug-likeness (QED) is 0.865. The minimum atomic E-state index is 0.127. The Morgan fingerprint density at radius 1 is 1.09 bits per heavy atom. The molecule has 2 saturated carbocycles. The summed E-state index contributed by atoms with van der Waals surface area (Å²) in [5, 5.41) is 3.31. The summed E-state index contributed by atoms with van der Waals surface area (Å²) >= 11 is 0. The molecule has 0 aromatic carbocycles. The summed E-state index contributed by atoms with van der Waals surface area (Å²) in [4.78, 5) is 15.1. The second-order valence-electron chi connectivity index (χ2n) is 7.92. The highest BCUT2D eigenvalue weighted by Gasteiger charge is 2.40. The molecule has 4 atom stereocenters. The van der Waals surface area contributed by atoms with Gasteiger partial charge in [-0.15, -0.1) is 0 Å². The molecular weight excluding hydrogens is 276 g/mol. The molecular formula is C18H30N2O2. The number of fused-ring (bicyclic) bond motifs is 2. The molecule has 4 rings (SSSR count). The van der Waals surface area contributed by atoms with Gasteiger partial charge in [-0.2, -0.15) is 0 Å². The number of amides is 1. The monoisotopic (exact) mass is 306 g/mol. The van der Waals surface area contributed by atoms with E-state index in [0.717, 1.165) is 63.3 Å². The third-order valence-electron chi connectivity index (χ3n) is 6.68. The van der Waals surface area contributed by atoms with Gasteiger partial charge in [0.05, 0.1) is 6.04 Å². The van der Waals surface area contributed by atoms with E-state index in [9.17, 15) is 4.79 Å². The molecule has 0 spiro atoms. The lowest BCUT2D eigenvalue weighted by Gasteiger charge is -2.35. The number of nitrogens with zero attached hydrogens (tertiary/aromatic N) is 1. The zero-order chi connectivity index (χ0) is 14.9. The summed E-state index contributed by atoms with van der Waals surface area (Å²) in [6, 6.07) is 0.691. The van der Waals surface area contributed by atoms with E-state index in [-0.39, 0.29) is 6.04 Å². The fourth-order valence-corrected chi connectivity index (χ4v) is 5.50. The molecule has 2 bridgehead atoms. The van der Waals surface area contributed by atoms with Crippen LogP contribution in [0.1, 0.15) is 51.4 Å². The zero-order valence-electron chi connectivity index (χ0n) is 13.6. The normalized spacial score (nSPS) is 39.5. The van der Waals surface area contributed by atoms with Gasteiger partial charge in [-0.25, -0.2) is 0 Å². The van der Waals surface area contributed by atoms with Crippen molar-refractivity contribution in [2.45, 2.75) is 63.5 Å². The van der Waals surface area contributed by atoms with Crippen molar-refractivity contribution < 1.29 is 9.53 Å². The van der Waals surface area contributed by atoms with Crippen molar-refractivity contribution in [1.29, 1.82) is 0 Å². The minimum absolute atomic E-state index is 0.127. The van der Waals surface area contributed by atoms with Crippen LogP contribution in [-0.2, 0) is 9.53 Å². The third kappa shape index (κ3) is 2.92. The van der Waals surface area contributed by atoms with Crippen molar-refractivity contribution in [1.82, 2.24) is 10.2 Å². The number of likely N-dealkylation sites (tertiary alicyclic amines) is 1. The van der Waals surface area contributed by atoms with E-state index in [1.807, 2.05) is 0 Å². The second kappa shape index (κ2) is 6.48. The van der Waals surface area contributed by atoms with Crippen LogP contribution in [0.25, 0.3) is 0 Å². The molecule has 2 aliphatic heterocycles. The number of carbonyl (C=O) groups excluding carboxylic acids is 1. The number of rotatable bonds is 4. The number of nitrogens with one attached hydrogen (secondary N) is 1. The van der Waals surface area contributed by atoms with Crippen molar-refractivity contribution in [2.24, 2.45) is 17.8 Å². The second-order valence-corrected chi connectivity index (χ2v) is 7.92. The van der Waals surface area contributed by atoms with E-state index in [0.29, 0.717) is 11.9 Å². The maximum atomic E-state index is 12.7. The summed E-state index contributed by atoms with van der Waals surface area (Å²) in [5.41, 5.74) is 0. The van der Waals surface area contributed by atoms with Gasteiger partial charge in [0.1, 0.15) is 0 Å². The maximum absolute atomic E-state index is 12.7. The molecule has 4 aliphatic rings. The number of hydrogen-bond acceptors (Lipinski definition) is 3. The number of hydrogen-bond donors (Lipinski definition) is 1. The molecule has 4 fully saturated rings. The smallest absolute Gasteiger partial charge is 0.237 e. The van der Waals surface area contributed by atoms with E-state index < -0.39 is 0 Å². The van der Waals surface area contributed by atoms with Crippen molar-refractivity contribution in [3.05, 3.63) is 0 Å². The average Bonchev–Trinajstić information content (AvgIpc) is 3.29. The number of carbonyl (C=O) groups is 1. The Morgan fingerprint density at radius 2 is 1.95 bits per heavy atom. The predicted molar refractivity (Wildman–Crippen MR) is 85.5 cm³/mol. The summed E-state index contributed by atoms with van der Waals surface area (Å²) in [5.74, 6) is 2.94. The van der Waals surface area contributed by atoms with E-state index in [2.05, 4.69) is 10.2 Å². The first kappa shape index (κ1) is 14.9. The molecule has 0 radical (unpaired) electrons. The third-order valence-corrected chi connectivity index (χ3v) is 6.68. The van der Waals surface area contributed by atoms with E-state index in [4.69, 9.17) is 4.74 Å². The summed E-state index contributed by atoms with van der Waals surface area (Å²) in [6.45, 7) is 3.75. The fourth-order valence-electron chi connectivity index (χ4n) is 5.50. The molecule has 4 heteroatoms. The first-order valence-electron chi connectivity index (χ1n) is 9.42. The van der Waals surface area contributed by atoms with Crippen LogP contribution in [0, 0.1) is 17.8 Å². The molecule has 1 amide bonds. The van der Waals surface area contributed by atoms with Crippen molar-refractivity contribution >= 4 is 5.91 Å². The van der Waals surface area contributed by atoms with Gasteiger partial charge in [-0.3, -0.25) is 9.69 Å². The molecule has 22 heavy (non-hydrogen) atoms.